The summed E-state index contributed by atoms with van der Waals surface area (Å²) >= 11 is 0. The Morgan fingerprint density at radius 3 is 2.67 bits per heavy atom. The van der Waals surface area contributed by atoms with Gasteiger partial charge in [0.1, 0.15) is 5.82 Å². The molecule has 15 heavy (non-hydrogen) atoms. The summed E-state index contributed by atoms with van der Waals surface area (Å²) < 4.78 is 41.7. The second kappa shape index (κ2) is 4.48. The van der Waals surface area contributed by atoms with Crippen molar-refractivity contribution < 1.29 is 17.9 Å². The zero-order valence-electron chi connectivity index (χ0n) is 8.14. The first kappa shape index (κ1) is 11.8. The molecule has 0 aromatic carbocycles. The number of nitrogens with zero attached hydrogens (tertiary/aromatic N) is 1. The van der Waals surface area contributed by atoms with E-state index < -0.39 is 11.7 Å². The van der Waals surface area contributed by atoms with Gasteiger partial charge < -0.3 is 10.5 Å². The molecule has 0 saturated heterocycles. The highest BCUT2D eigenvalue weighted by molar-refractivity contribution is 5.41. The van der Waals surface area contributed by atoms with Crippen molar-refractivity contribution in [3.63, 3.8) is 0 Å². The van der Waals surface area contributed by atoms with Gasteiger partial charge in [0.15, 0.2) is 0 Å². The van der Waals surface area contributed by atoms with Crippen LogP contribution in [0.25, 0.3) is 0 Å². The molecular formula is C9H11F3N2O. The van der Waals surface area contributed by atoms with Gasteiger partial charge in [-0.1, -0.05) is 0 Å². The number of methoxy groups -OCH3 is 1. The van der Waals surface area contributed by atoms with E-state index >= 15 is 0 Å². The molecule has 2 N–H and O–H groups in total. The summed E-state index contributed by atoms with van der Waals surface area (Å²) in [6.07, 6.45) is -3.34. The van der Waals surface area contributed by atoms with Gasteiger partial charge in [0.05, 0.1) is 12.2 Å². The largest absolute Gasteiger partial charge is 0.417 e. The van der Waals surface area contributed by atoms with E-state index in [1.54, 1.807) is 0 Å². The summed E-state index contributed by atoms with van der Waals surface area (Å²) in [5.41, 5.74) is 5.00. The molecule has 1 heterocycles. The fourth-order valence-corrected chi connectivity index (χ4v) is 1.09. The lowest BCUT2D eigenvalue weighted by Crippen LogP contribution is -2.09. The van der Waals surface area contributed by atoms with Crippen LogP contribution in [0.3, 0.4) is 0 Å². The quantitative estimate of drug-likeness (QED) is 0.845. The van der Waals surface area contributed by atoms with E-state index in [0.29, 0.717) is 18.6 Å². The molecule has 0 saturated carbocycles. The maximum absolute atomic E-state index is 12.3. The Morgan fingerprint density at radius 2 is 2.13 bits per heavy atom. The van der Waals surface area contributed by atoms with Crippen LogP contribution in [0.5, 0.6) is 0 Å². The van der Waals surface area contributed by atoms with E-state index in [-0.39, 0.29) is 5.82 Å². The number of halogens is 3. The Balaban J connectivity index is 2.95. The summed E-state index contributed by atoms with van der Waals surface area (Å²) in [5, 5.41) is 0. The van der Waals surface area contributed by atoms with Crippen molar-refractivity contribution in [3.8, 4) is 0 Å². The summed E-state index contributed by atoms with van der Waals surface area (Å²) in [7, 11) is 1.47. The highest BCUT2D eigenvalue weighted by Gasteiger charge is 2.31. The van der Waals surface area contributed by atoms with Gasteiger partial charge in [-0.25, -0.2) is 4.98 Å². The SMILES string of the molecule is COCCc1cc(C(F)(F)F)cnc1N. The zero-order chi connectivity index (χ0) is 11.5. The number of hydrogen-bond acceptors (Lipinski definition) is 3. The number of nitrogens with two attached hydrogens (primary N) is 1. The number of ether oxygens (including phenoxy) is 1. The molecule has 1 aromatic rings. The van der Waals surface area contributed by atoms with E-state index in [0.717, 1.165) is 12.3 Å². The van der Waals surface area contributed by atoms with E-state index in [1.165, 1.54) is 7.11 Å². The van der Waals surface area contributed by atoms with Crippen LogP contribution < -0.4 is 5.73 Å². The standard InChI is InChI=1S/C9H11F3N2O/c1-15-3-2-6-4-7(9(10,11)12)5-14-8(6)13/h4-5H,2-3H2,1H3,(H2,13,14). The number of aromatic nitrogens is 1. The third-order valence-electron chi connectivity index (χ3n) is 1.90. The van der Waals surface area contributed by atoms with Crippen molar-refractivity contribution in [3.05, 3.63) is 23.4 Å². The van der Waals surface area contributed by atoms with Gasteiger partial charge in [0.2, 0.25) is 0 Å². The number of hydrogen-bond donors (Lipinski definition) is 1. The predicted octanol–water partition coefficient (Wildman–Crippen LogP) is 1.87. The van der Waals surface area contributed by atoms with Crippen LogP contribution in [0.4, 0.5) is 19.0 Å². The maximum atomic E-state index is 12.3. The van der Waals surface area contributed by atoms with Crippen molar-refractivity contribution >= 4 is 5.82 Å². The number of pyridine rings is 1. The van der Waals surface area contributed by atoms with Gasteiger partial charge in [-0.2, -0.15) is 13.2 Å². The van der Waals surface area contributed by atoms with Crippen LogP contribution in [-0.2, 0) is 17.3 Å². The summed E-state index contributed by atoms with van der Waals surface area (Å²) in [5.74, 6) is 0.111. The van der Waals surface area contributed by atoms with E-state index in [9.17, 15) is 13.2 Å². The molecule has 0 fully saturated rings. The first-order valence-electron chi connectivity index (χ1n) is 4.25. The van der Waals surface area contributed by atoms with Crippen molar-refractivity contribution in [1.29, 1.82) is 0 Å². The van der Waals surface area contributed by atoms with Crippen LogP contribution in [-0.4, -0.2) is 18.7 Å². The maximum Gasteiger partial charge on any atom is 0.417 e. The summed E-state index contributed by atoms with van der Waals surface area (Å²) in [6.45, 7) is 0.313. The highest BCUT2D eigenvalue weighted by atomic mass is 19.4. The van der Waals surface area contributed by atoms with Crippen LogP contribution in [0, 0.1) is 0 Å². The predicted molar refractivity (Wildman–Crippen MR) is 49.2 cm³/mol. The molecule has 0 aliphatic rings. The Hall–Kier alpha value is -1.30. The van der Waals surface area contributed by atoms with E-state index in [1.807, 2.05) is 0 Å². The van der Waals surface area contributed by atoms with Crippen LogP contribution in [0.1, 0.15) is 11.1 Å². The monoisotopic (exact) mass is 220 g/mol. The molecule has 0 spiro atoms. The minimum Gasteiger partial charge on any atom is -0.384 e. The van der Waals surface area contributed by atoms with Gasteiger partial charge in [0.25, 0.3) is 0 Å². The number of anilines is 1. The van der Waals surface area contributed by atoms with Crippen molar-refractivity contribution in [2.24, 2.45) is 0 Å². The van der Waals surface area contributed by atoms with Crippen molar-refractivity contribution in [2.75, 3.05) is 19.5 Å². The minimum atomic E-state index is -4.39. The number of alkyl halides is 3. The van der Waals surface area contributed by atoms with Gasteiger partial charge in [-0.15, -0.1) is 0 Å². The van der Waals surface area contributed by atoms with Crippen LogP contribution in [0.15, 0.2) is 12.3 Å². The minimum absolute atomic E-state index is 0.111. The van der Waals surface area contributed by atoms with E-state index in [2.05, 4.69) is 4.98 Å². The molecule has 0 amide bonds. The summed E-state index contributed by atoms with van der Waals surface area (Å²) in [6, 6.07) is 1.00. The average Bonchev–Trinajstić information content (AvgIpc) is 2.15. The molecule has 0 aliphatic heterocycles. The highest BCUT2D eigenvalue weighted by Crippen LogP contribution is 2.30. The first-order chi connectivity index (χ1) is 6.95. The number of rotatable bonds is 3. The lowest BCUT2D eigenvalue weighted by atomic mass is 10.1. The van der Waals surface area contributed by atoms with Gasteiger partial charge in [0, 0.05) is 13.3 Å². The second-order valence-corrected chi connectivity index (χ2v) is 3.01. The van der Waals surface area contributed by atoms with Crippen molar-refractivity contribution in [2.45, 2.75) is 12.6 Å². The molecule has 0 atom stereocenters. The summed E-state index contributed by atoms with van der Waals surface area (Å²) in [4.78, 5) is 3.50. The zero-order valence-corrected chi connectivity index (χ0v) is 8.14. The van der Waals surface area contributed by atoms with Crippen LogP contribution >= 0.6 is 0 Å². The van der Waals surface area contributed by atoms with Gasteiger partial charge in [-0.05, 0) is 18.1 Å². The molecule has 0 unspecified atom stereocenters. The molecule has 6 heteroatoms. The molecule has 0 aliphatic carbocycles. The lowest BCUT2D eigenvalue weighted by Gasteiger charge is -2.09. The normalized spacial score (nSPS) is 11.7. The molecular weight excluding hydrogens is 209 g/mol. The van der Waals surface area contributed by atoms with Crippen LogP contribution in [0.2, 0.25) is 0 Å². The molecule has 0 bridgehead atoms. The van der Waals surface area contributed by atoms with Gasteiger partial charge >= 0.3 is 6.18 Å². The Morgan fingerprint density at radius 1 is 1.47 bits per heavy atom. The topological polar surface area (TPSA) is 48.1 Å². The molecule has 0 radical (unpaired) electrons. The first-order valence-corrected chi connectivity index (χ1v) is 4.25. The van der Waals surface area contributed by atoms with Crippen molar-refractivity contribution in [1.82, 2.24) is 4.98 Å². The molecule has 1 aromatic heterocycles. The third-order valence-corrected chi connectivity index (χ3v) is 1.90. The Bertz CT molecular complexity index is 339. The van der Waals surface area contributed by atoms with Gasteiger partial charge in [-0.3, -0.25) is 0 Å². The molecule has 1 rings (SSSR count). The average molecular weight is 220 g/mol. The molecule has 3 nitrogen and oxygen atoms in total. The third kappa shape index (κ3) is 3.09. The molecule has 84 valence electrons. The number of nitrogen functional groups attached to an aromatic ring is 1. The fraction of sp³-hybridized carbons (Fsp3) is 0.444. The van der Waals surface area contributed by atoms with E-state index in [4.69, 9.17) is 10.5 Å². The lowest BCUT2D eigenvalue weighted by molar-refractivity contribution is -0.137. The smallest absolute Gasteiger partial charge is 0.384 e. The Labute approximate surface area is 85.1 Å². The Kier molecular flexibility index (Phi) is 3.52. The fourth-order valence-electron chi connectivity index (χ4n) is 1.09. The second-order valence-electron chi connectivity index (χ2n) is 3.01.